The number of benzene rings is 2. The number of carbonyl (C=O) groups excluding carboxylic acids is 1. The van der Waals surface area contributed by atoms with Crippen LogP contribution in [0.15, 0.2) is 79.0 Å². The smallest absolute Gasteiger partial charge is 0.219 e. The fraction of sp³-hybridized carbons (Fsp3) is 0.294. The Kier molecular flexibility index (Phi) is 9.01. The van der Waals surface area contributed by atoms with Crippen molar-refractivity contribution in [2.24, 2.45) is 0 Å². The van der Waals surface area contributed by atoms with Gasteiger partial charge < -0.3 is 20.6 Å². The van der Waals surface area contributed by atoms with Gasteiger partial charge in [0.15, 0.2) is 11.5 Å². The second-order valence-corrected chi connectivity index (χ2v) is 10.5. The SMILES string of the molecule is CC.CC(=O)N(C)C1CCN(c2cccc(-c3ccc4nc(-c5cccnc5N)n(-c5ccc(CO)cc5)c4n3)c2)CC1. The molecular weight excluding hydrogens is 538 g/mol. The minimum absolute atomic E-state index is 0.0305. The first-order valence-electron chi connectivity index (χ1n) is 14.8. The summed E-state index contributed by atoms with van der Waals surface area (Å²) < 4.78 is 1.99. The molecular formula is C34H39N7O2. The highest BCUT2D eigenvalue weighted by molar-refractivity contribution is 5.85. The quantitative estimate of drug-likeness (QED) is 0.266. The van der Waals surface area contributed by atoms with Gasteiger partial charge in [-0.1, -0.05) is 38.1 Å². The molecule has 1 saturated heterocycles. The standard InChI is InChI=1S/C32H33N7O2.C2H6/c1-21(41)37(2)24-14-17-38(18-15-24)26-6-3-5-23(19-26)28-12-13-29-32(35-28)39(25-10-8-22(20-40)9-11-25)31(36-29)27-7-4-16-34-30(27)33;1-2/h3-13,16,19,24,40H,14-15,17-18,20H2,1-2H3,(H2,33,34);1-2H3. The number of anilines is 2. The molecule has 4 heterocycles. The Bertz CT molecular complexity index is 1710. The number of amides is 1. The monoisotopic (exact) mass is 577 g/mol. The second-order valence-electron chi connectivity index (χ2n) is 10.5. The molecule has 3 N–H and O–H groups in total. The Balaban J connectivity index is 0.00000180. The third-order valence-corrected chi connectivity index (χ3v) is 7.98. The van der Waals surface area contributed by atoms with Crippen LogP contribution in [0.25, 0.3) is 39.5 Å². The van der Waals surface area contributed by atoms with E-state index < -0.39 is 0 Å². The third-order valence-electron chi connectivity index (χ3n) is 7.98. The molecule has 1 amide bonds. The van der Waals surface area contributed by atoms with Crippen LogP contribution in [-0.2, 0) is 11.4 Å². The molecule has 0 radical (unpaired) electrons. The average molecular weight is 578 g/mol. The van der Waals surface area contributed by atoms with E-state index in [0.717, 1.165) is 65.2 Å². The van der Waals surface area contributed by atoms with Crippen molar-refractivity contribution in [3.63, 3.8) is 0 Å². The normalized spacial score (nSPS) is 13.5. The van der Waals surface area contributed by atoms with Crippen LogP contribution in [0.3, 0.4) is 0 Å². The number of aliphatic hydroxyl groups excluding tert-OH is 1. The summed E-state index contributed by atoms with van der Waals surface area (Å²) in [4.78, 5) is 30.4. The summed E-state index contributed by atoms with van der Waals surface area (Å²) in [6.45, 7) is 7.39. The van der Waals surface area contributed by atoms with Crippen molar-refractivity contribution in [2.45, 2.75) is 46.3 Å². The van der Waals surface area contributed by atoms with Gasteiger partial charge in [0.1, 0.15) is 11.3 Å². The minimum Gasteiger partial charge on any atom is -0.392 e. The Morgan fingerprint density at radius 2 is 1.72 bits per heavy atom. The lowest BCUT2D eigenvalue weighted by molar-refractivity contribution is -0.129. The highest BCUT2D eigenvalue weighted by Gasteiger charge is 2.24. The molecule has 5 aromatic rings. The molecule has 43 heavy (non-hydrogen) atoms. The molecule has 0 spiro atoms. The van der Waals surface area contributed by atoms with E-state index in [0.29, 0.717) is 17.3 Å². The molecule has 3 aromatic heterocycles. The molecule has 0 unspecified atom stereocenters. The lowest BCUT2D eigenvalue weighted by Gasteiger charge is -2.37. The Morgan fingerprint density at radius 1 is 0.977 bits per heavy atom. The molecule has 0 bridgehead atoms. The van der Waals surface area contributed by atoms with Crippen LogP contribution in [0.4, 0.5) is 11.5 Å². The summed E-state index contributed by atoms with van der Waals surface area (Å²) in [7, 11) is 1.89. The van der Waals surface area contributed by atoms with Crippen LogP contribution < -0.4 is 10.6 Å². The zero-order chi connectivity index (χ0) is 30.5. The van der Waals surface area contributed by atoms with E-state index in [1.165, 1.54) is 0 Å². The molecule has 1 fully saturated rings. The number of pyridine rings is 2. The average Bonchev–Trinajstić information content (AvgIpc) is 3.44. The largest absolute Gasteiger partial charge is 0.392 e. The highest BCUT2D eigenvalue weighted by Crippen LogP contribution is 2.33. The van der Waals surface area contributed by atoms with Crippen molar-refractivity contribution in [1.82, 2.24) is 24.4 Å². The molecule has 222 valence electrons. The zero-order valence-electron chi connectivity index (χ0n) is 25.2. The number of nitrogens with two attached hydrogens (primary N) is 1. The van der Waals surface area contributed by atoms with Gasteiger partial charge in [0.05, 0.1) is 17.9 Å². The van der Waals surface area contributed by atoms with Crippen LogP contribution in [0.5, 0.6) is 0 Å². The predicted molar refractivity (Wildman–Crippen MR) is 173 cm³/mol. The van der Waals surface area contributed by atoms with E-state index in [4.69, 9.17) is 15.7 Å². The van der Waals surface area contributed by atoms with E-state index in [1.807, 2.05) is 78.9 Å². The predicted octanol–water partition coefficient (Wildman–Crippen LogP) is 5.70. The van der Waals surface area contributed by atoms with Crippen LogP contribution in [-0.4, -0.2) is 61.6 Å². The molecule has 0 atom stereocenters. The van der Waals surface area contributed by atoms with E-state index in [-0.39, 0.29) is 18.6 Å². The van der Waals surface area contributed by atoms with Gasteiger partial charge in [0, 0.05) is 56.2 Å². The van der Waals surface area contributed by atoms with Gasteiger partial charge in [-0.15, -0.1) is 0 Å². The first kappa shape index (κ1) is 29.7. The number of nitrogen functional groups attached to an aromatic ring is 1. The van der Waals surface area contributed by atoms with Crippen molar-refractivity contribution in [3.05, 3.63) is 84.6 Å². The van der Waals surface area contributed by atoms with Crippen molar-refractivity contribution < 1.29 is 9.90 Å². The van der Waals surface area contributed by atoms with Gasteiger partial charge in [-0.25, -0.2) is 15.0 Å². The van der Waals surface area contributed by atoms with E-state index in [1.54, 1.807) is 13.1 Å². The van der Waals surface area contributed by atoms with Crippen molar-refractivity contribution >= 4 is 28.6 Å². The van der Waals surface area contributed by atoms with Crippen LogP contribution in [0, 0.1) is 0 Å². The maximum absolute atomic E-state index is 11.8. The molecule has 9 heteroatoms. The number of rotatable bonds is 6. The Labute approximate surface area is 252 Å². The van der Waals surface area contributed by atoms with Gasteiger partial charge >= 0.3 is 0 Å². The summed E-state index contributed by atoms with van der Waals surface area (Å²) >= 11 is 0. The molecule has 6 rings (SSSR count). The van der Waals surface area contributed by atoms with Crippen molar-refractivity contribution in [3.8, 4) is 28.3 Å². The molecule has 1 aliphatic rings. The number of imidazole rings is 1. The maximum Gasteiger partial charge on any atom is 0.219 e. The Morgan fingerprint density at radius 3 is 2.40 bits per heavy atom. The van der Waals surface area contributed by atoms with Gasteiger partial charge in [0.2, 0.25) is 5.91 Å². The minimum atomic E-state index is -0.0305. The molecule has 0 saturated carbocycles. The maximum atomic E-state index is 11.8. The molecule has 9 nitrogen and oxygen atoms in total. The summed E-state index contributed by atoms with van der Waals surface area (Å²) in [6.07, 6.45) is 3.55. The summed E-state index contributed by atoms with van der Waals surface area (Å²) in [5.41, 5.74) is 13.1. The Hall–Kier alpha value is -4.76. The first-order chi connectivity index (χ1) is 20.9. The number of hydrogen-bond donors (Lipinski definition) is 2. The lowest BCUT2D eigenvalue weighted by atomic mass is 10.0. The number of fused-ring (bicyclic) bond motifs is 1. The fourth-order valence-corrected chi connectivity index (χ4v) is 5.53. The first-order valence-corrected chi connectivity index (χ1v) is 14.8. The molecule has 1 aliphatic heterocycles. The summed E-state index contributed by atoms with van der Waals surface area (Å²) in [5.74, 6) is 1.16. The molecule has 2 aromatic carbocycles. The second kappa shape index (κ2) is 13.0. The number of hydrogen-bond acceptors (Lipinski definition) is 7. The van der Waals surface area contributed by atoms with Crippen LogP contribution in [0.1, 0.15) is 39.2 Å². The number of aromatic nitrogens is 4. The van der Waals surface area contributed by atoms with E-state index >= 15 is 0 Å². The van der Waals surface area contributed by atoms with E-state index in [2.05, 4.69) is 34.1 Å². The third kappa shape index (κ3) is 6.08. The van der Waals surface area contributed by atoms with Gasteiger partial charge in [-0.05, 0) is 66.9 Å². The van der Waals surface area contributed by atoms with Crippen molar-refractivity contribution in [1.29, 1.82) is 0 Å². The highest BCUT2D eigenvalue weighted by atomic mass is 16.3. The van der Waals surface area contributed by atoms with Gasteiger partial charge in [-0.2, -0.15) is 0 Å². The van der Waals surface area contributed by atoms with Crippen LogP contribution >= 0.6 is 0 Å². The fourth-order valence-electron chi connectivity index (χ4n) is 5.53. The number of piperidine rings is 1. The number of carbonyl (C=O) groups is 1. The van der Waals surface area contributed by atoms with Crippen LogP contribution in [0.2, 0.25) is 0 Å². The van der Waals surface area contributed by atoms with E-state index in [9.17, 15) is 9.90 Å². The zero-order valence-corrected chi connectivity index (χ0v) is 25.2. The number of aliphatic hydroxyl groups is 1. The summed E-state index contributed by atoms with van der Waals surface area (Å²) in [5, 5.41) is 9.56. The number of nitrogens with zero attached hydrogens (tertiary/aromatic N) is 6. The summed E-state index contributed by atoms with van der Waals surface area (Å²) in [6, 6.07) is 24.2. The van der Waals surface area contributed by atoms with Crippen molar-refractivity contribution in [2.75, 3.05) is 30.8 Å². The topological polar surface area (TPSA) is 113 Å². The van der Waals surface area contributed by atoms with Gasteiger partial charge in [-0.3, -0.25) is 9.36 Å². The van der Waals surface area contributed by atoms with Gasteiger partial charge in [0.25, 0.3) is 0 Å². The lowest BCUT2D eigenvalue weighted by Crippen LogP contribution is -2.45. The molecule has 0 aliphatic carbocycles.